The van der Waals surface area contributed by atoms with E-state index in [1.165, 1.54) is 45.1 Å². The van der Waals surface area contributed by atoms with Crippen LogP contribution < -0.4 is 0 Å². The van der Waals surface area contributed by atoms with Gasteiger partial charge in [-0.15, -0.1) is 16.9 Å². The maximum atomic E-state index is 13.3. The number of carbonyl (C=O) groups is 3. The molecule has 1 fully saturated rings. The molecule has 2 atom stereocenters. The first-order valence-electron chi connectivity index (χ1n) is 8.96. The number of tetrazole rings is 1. The second kappa shape index (κ2) is 9.10. The minimum absolute atomic E-state index is 0.0386. The van der Waals surface area contributed by atoms with Crippen molar-refractivity contribution >= 4 is 58.6 Å². The average molecular weight is 489 g/mol. The number of thiocarbonyl (C=S) groups is 1. The van der Waals surface area contributed by atoms with Crippen LogP contribution in [-0.4, -0.2) is 99.3 Å². The van der Waals surface area contributed by atoms with E-state index in [2.05, 4.69) is 15.5 Å². The molecule has 0 aliphatic carbocycles. The predicted molar refractivity (Wildman–Crippen MR) is 114 cm³/mol. The van der Waals surface area contributed by atoms with E-state index in [1.54, 1.807) is 14.0 Å². The first kappa shape index (κ1) is 23.4. The number of methoxy groups -OCH3 is 1. The fourth-order valence-corrected chi connectivity index (χ4v) is 6.20. The summed E-state index contributed by atoms with van der Waals surface area (Å²) in [7, 11) is 3.00. The number of aryl methyl sites for hydroxylation is 1. The molecule has 3 rings (SSSR count). The second-order valence-corrected chi connectivity index (χ2v) is 9.29. The molecule has 1 aromatic rings. The van der Waals surface area contributed by atoms with E-state index in [-0.39, 0.29) is 29.4 Å². The summed E-state index contributed by atoms with van der Waals surface area (Å²) in [5, 5.41) is 29.9. The zero-order valence-corrected chi connectivity index (χ0v) is 19.3. The Morgan fingerprint density at radius 2 is 2.16 bits per heavy atom. The van der Waals surface area contributed by atoms with Gasteiger partial charge in [-0.3, -0.25) is 14.5 Å². The standard InChI is InChI=1S/C16H20N6O6S3/c1-8(29)21(5-4-10(23)24)16(28-3)13(27)22-11(12(25)26)9(6-30-14(16)22)7-31-15-17-18-19-20(15)2/h14H,4-7H2,1-3H3,(H,23,24)(H,25,26)/t14-,16-/m0/s1. The molecule has 0 unspecified atom stereocenters. The van der Waals surface area contributed by atoms with Gasteiger partial charge >= 0.3 is 11.9 Å². The molecule has 0 saturated carbocycles. The molecule has 1 saturated heterocycles. The molecular weight excluding hydrogens is 468 g/mol. The predicted octanol–water partition coefficient (Wildman–Crippen LogP) is 0.0227. The van der Waals surface area contributed by atoms with E-state index in [9.17, 15) is 19.5 Å². The van der Waals surface area contributed by atoms with Gasteiger partial charge in [0.1, 0.15) is 11.1 Å². The van der Waals surface area contributed by atoms with E-state index in [4.69, 9.17) is 22.1 Å². The van der Waals surface area contributed by atoms with Gasteiger partial charge in [0.25, 0.3) is 11.6 Å². The van der Waals surface area contributed by atoms with Crippen LogP contribution >= 0.6 is 35.7 Å². The Balaban J connectivity index is 1.91. The minimum atomic E-state index is -1.56. The van der Waals surface area contributed by atoms with Crippen molar-refractivity contribution in [2.75, 3.05) is 25.2 Å². The number of aliphatic carboxylic acids is 2. The number of rotatable bonds is 9. The molecule has 1 aromatic heterocycles. The van der Waals surface area contributed by atoms with Crippen LogP contribution in [0.5, 0.6) is 0 Å². The van der Waals surface area contributed by atoms with Gasteiger partial charge in [0, 0.05) is 32.2 Å². The highest BCUT2D eigenvalue weighted by Crippen LogP contribution is 2.50. The Labute approximate surface area is 190 Å². The number of hydrogen-bond donors (Lipinski definition) is 2. The van der Waals surface area contributed by atoms with E-state index >= 15 is 0 Å². The Bertz CT molecular complexity index is 967. The van der Waals surface area contributed by atoms with E-state index in [0.29, 0.717) is 16.5 Å². The molecule has 15 heteroatoms. The third-order valence-electron chi connectivity index (χ3n) is 4.89. The summed E-state index contributed by atoms with van der Waals surface area (Å²) in [4.78, 5) is 39.3. The normalized spacial score (nSPS) is 22.7. The van der Waals surface area contributed by atoms with Gasteiger partial charge in [0.15, 0.2) is 0 Å². The first-order chi connectivity index (χ1) is 14.6. The zero-order valence-electron chi connectivity index (χ0n) is 16.8. The summed E-state index contributed by atoms with van der Waals surface area (Å²) < 4.78 is 7.06. The zero-order chi connectivity index (χ0) is 22.9. The molecule has 1 amide bonds. The fraction of sp³-hybridized carbons (Fsp3) is 0.562. The van der Waals surface area contributed by atoms with Gasteiger partial charge < -0.3 is 19.8 Å². The van der Waals surface area contributed by atoms with Gasteiger partial charge in [-0.25, -0.2) is 9.48 Å². The molecular formula is C16H20N6O6S3. The average Bonchev–Trinajstić information content (AvgIpc) is 3.12. The number of carbonyl (C=O) groups excluding carboxylic acids is 1. The van der Waals surface area contributed by atoms with Gasteiger partial charge in [0.05, 0.1) is 11.4 Å². The number of amides is 1. The lowest BCUT2D eigenvalue weighted by atomic mass is 9.96. The van der Waals surface area contributed by atoms with Crippen molar-refractivity contribution in [3.8, 4) is 0 Å². The van der Waals surface area contributed by atoms with Crippen molar-refractivity contribution in [1.82, 2.24) is 30.0 Å². The second-order valence-electron chi connectivity index (χ2n) is 6.68. The highest BCUT2D eigenvalue weighted by atomic mass is 32.2. The molecule has 2 aliphatic heterocycles. The lowest BCUT2D eigenvalue weighted by molar-refractivity contribution is -0.210. The maximum Gasteiger partial charge on any atom is 0.352 e. The van der Waals surface area contributed by atoms with Crippen molar-refractivity contribution in [2.45, 2.75) is 29.6 Å². The van der Waals surface area contributed by atoms with Crippen molar-refractivity contribution in [2.24, 2.45) is 7.05 Å². The molecule has 168 valence electrons. The van der Waals surface area contributed by atoms with Crippen LogP contribution in [0.25, 0.3) is 0 Å². The Morgan fingerprint density at radius 3 is 2.68 bits per heavy atom. The quantitative estimate of drug-likeness (QED) is 0.208. The number of thioether (sulfide) groups is 2. The number of nitrogens with zero attached hydrogens (tertiary/aromatic N) is 6. The Hall–Kier alpha value is -2.23. The number of hydrogen-bond acceptors (Lipinski definition) is 10. The largest absolute Gasteiger partial charge is 0.481 e. The van der Waals surface area contributed by atoms with Crippen LogP contribution in [0, 0.1) is 0 Å². The topological polar surface area (TPSA) is 151 Å². The SMILES string of the molecule is CO[C@@]1(N(CCC(=O)O)C(C)=S)C(=O)N2C(C(=O)O)=C(CSc3nnnn3C)CS[C@H]21. The number of carboxylic acids is 2. The number of aromatic nitrogens is 4. The summed E-state index contributed by atoms with van der Waals surface area (Å²) in [6, 6.07) is 0. The number of ether oxygens (including phenoxy) is 1. The van der Waals surface area contributed by atoms with Crippen LogP contribution in [0.3, 0.4) is 0 Å². The molecule has 2 N–H and O–H groups in total. The summed E-state index contributed by atoms with van der Waals surface area (Å²) >= 11 is 7.86. The molecule has 0 bridgehead atoms. The summed E-state index contributed by atoms with van der Waals surface area (Å²) in [5.41, 5.74) is -1.11. The summed E-state index contributed by atoms with van der Waals surface area (Å²) in [6.45, 7) is 1.54. The molecule has 2 aliphatic rings. The minimum Gasteiger partial charge on any atom is -0.481 e. The van der Waals surface area contributed by atoms with Crippen molar-refractivity contribution < 1.29 is 29.3 Å². The monoisotopic (exact) mass is 488 g/mol. The van der Waals surface area contributed by atoms with Gasteiger partial charge in [-0.1, -0.05) is 24.0 Å². The number of fused-ring (bicyclic) bond motifs is 1. The van der Waals surface area contributed by atoms with E-state index in [0.717, 1.165) is 0 Å². The molecule has 0 radical (unpaired) electrons. The molecule has 0 spiro atoms. The van der Waals surface area contributed by atoms with Crippen LogP contribution in [0.15, 0.2) is 16.4 Å². The van der Waals surface area contributed by atoms with Crippen molar-refractivity contribution in [3.63, 3.8) is 0 Å². The lowest BCUT2D eigenvalue weighted by Gasteiger charge is -2.60. The van der Waals surface area contributed by atoms with Crippen LogP contribution in [0.1, 0.15) is 13.3 Å². The smallest absolute Gasteiger partial charge is 0.352 e. The maximum absolute atomic E-state index is 13.3. The van der Waals surface area contributed by atoms with Gasteiger partial charge in [-0.05, 0) is 22.9 Å². The van der Waals surface area contributed by atoms with Crippen LogP contribution in [-0.2, 0) is 26.2 Å². The van der Waals surface area contributed by atoms with E-state index < -0.39 is 28.9 Å². The van der Waals surface area contributed by atoms with Crippen molar-refractivity contribution in [1.29, 1.82) is 0 Å². The first-order valence-corrected chi connectivity index (χ1v) is 11.4. The Morgan fingerprint density at radius 1 is 1.45 bits per heavy atom. The highest BCUT2D eigenvalue weighted by Gasteiger charge is 2.68. The van der Waals surface area contributed by atoms with Crippen molar-refractivity contribution in [3.05, 3.63) is 11.3 Å². The molecule has 31 heavy (non-hydrogen) atoms. The summed E-state index contributed by atoms with van der Waals surface area (Å²) in [6.07, 6.45) is -0.251. The number of β-lactam (4-membered cyclic amide) rings is 1. The van der Waals surface area contributed by atoms with Gasteiger partial charge in [-0.2, -0.15) is 0 Å². The highest BCUT2D eigenvalue weighted by molar-refractivity contribution is 8.01. The van der Waals surface area contributed by atoms with Gasteiger partial charge in [0.2, 0.25) is 5.16 Å². The number of carboxylic acid groups (broad SMARTS) is 2. The van der Waals surface area contributed by atoms with Crippen LogP contribution in [0.4, 0.5) is 0 Å². The van der Waals surface area contributed by atoms with Crippen LogP contribution in [0.2, 0.25) is 0 Å². The summed E-state index contributed by atoms with van der Waals surface area (Å²) in [5.74, 6) is -2.25. The molecule has 12 nitrogen and oxygen atoms in total. The molecule has 0 aromatic carbocycles. The third-order valence-corrected chi connectivity index (χ3v) is 7.57. The lowest BCUT2D eigenvalue weighted by Crippen LogP contribution is -2.81. The van der Waals surface area contributed by atoms with E-state index in [1.807, 2.05) is 0 Å². The molecule has 3 heterocycles. The third kappa shape index (κ3) is 4.02. The fourth-order valence-electron chi connectivity index (χ4n) is 3.49. The Kier molecular flexibility index (Phi) is 6.88.